The minimum absolute atomic E-state index is 0.0967. The number of hydrogen-bond acceptors (Lipinski definition) is 3. The van der Waals surface area contributed by atoms with E-state index in [1.165, 1.54) is 17.3 Å². The molecule has 0 aliphatic carbocycles. The molecular formula is C21H23N3O2. The van der Waals surface area contributed by atoms with Crippen molar-refractivity contribution in [1.29, 1.82) is 0 Å². The smallest absolute Gasteiger partial charge is 0.251 e. The first-order chi connectivity index (χ1) is 12.6. The van der Waals surface area contributed by atoms with Crippen molar-refractivity contribution in [2.45, 2.75) is 6.42 Å². The molecule has 134 valence electrons. The monoisotopic (exact) mass is 349 g/mol. The molecule has 26 heavy (non-hydrogen) atoms. The molecule has 0 fully saturated rings. The maximum absolute atomic E-state index is 11.8. The molecular weight excluding hydrogens is 326 g/mol. The summed E-state index contributed by atoms with van der Waals surface area (Å²) in [4.78, 5) is 25.5. The van der Waals surface area contributed by atoms with Crippen LogP contribution < -0.4 is 15.5 Å². The third kappa shape index (κ3) is 3.77. The van der Waals surface area contributed by atoms with E-state index in [0.29, 0.717) is 18.0 Å². The first-order valence-corrected chi connectivity index (χ1v) is 8.70. The van der Waals surface area contributed by atoms with Gasteiger partial charge in [0.05, 0.1) is 0 Å². The van der Waals surface area contributed by atoms with Gasteiger partial charge >= 0.3 is 0 Å². The van der Waals surface area contributed by atoms with Gasteiger partial charge in [-0.25, -0.2) is 0 Å². The molecule has 1 aliphatic rings. The number of rotatable bonds is 5. The quantitative estimate of drug-likeness (QED) is 0.816. The first kappa shape index (κ1) is 17.7. The number of amides is 2. The highest BCUT2D eigenvalue weighted by Gasteiger charge is 2.25. The second-order valence-corrected chi connectivity index (χ2v) is 6.38. The van der Waals surface area contributed by atoms with Crippen LogP contribution in [-0.4, -0.2) is 32.0 Å². The second-order valence-electron chi connectivity index (χ2n) is 6.38. The minimum Gasteiger partial charge on any atom is -0.355 e. The molecule has 1 aliphatic heterocycles. The van der Waals surface area contributed by atoms with Gasteiger partial charge in [0.1, 0.15) is 0 Å². The minimum atomic E-state index is -0.148. The maximum Gasteiger partial charge on any atom is 0.251 e. The van der Waals surface area contributed by atoms with E-state index >= 15 is 0 Å². The predicted octanol–water partition coefficient (Wildman–Crippen LogP) is 2.66. The Kier molecular flexibility index (Phi) is 5.37. The van der Waals surface area contributed by atoms with Crippen molar-refractivity contribution in [3.63, 3.8) is 0 Å². The molecule has 5 nitrogen and oxygen atoms in total. The number of carbonyl (C=O) groups is 2. The van der Waals surface area contributed by atoms with Crippen molar-refractivity contribution < 1.29 is 9.59 Å². The molecule has 0 bridgehead atoms. The lowest BCUT2D eigenvalue weighted by Crippen LogP contribution is -2.38. The van der Waals surface area contributed by atoms with Crippen LogP contribution in [0, 0.1) is 5.92 Å². The number of nitrogens with zero attached hydrogens (tertiary/aromatic N) is 1. The largest absolute Gasteiger partial charge is 0.355 e. The fourth-order valence-corrected chi connectivity index (χ4v) is 3.31. The summed E-state index contributed by atoms with van der Waals surface area (Å²) < 4.78 is 0. The van der Waals surface area contributed by atoms with Gasteiger partial charge in [-0.2, -0.15) is 0 Å². The van der Waals surface area contributed by atoms with Crippen LogP contribution in [0.2, 0.25) is 0 Å². The van der Waals surface area contributed by atoms with Crippen molar-refractivity contribution in [2.24, 2.45) is 5.92 Å². The van der Waals surface area contributed by atoms with E-state index in [-0.39, 0.29) is 11.8 Å². The summed E-state index contributed by atoms with van der Waals surface area (Å²) in [5.41, 5.74) is 4.10. The summed E-state index contributed by atoms with van der Waals surface area (Å²) in [6, 6.07) is 15.9. The third-order valence-electron chi connectivity index (χ3n) is 4.65. The average molecular weight is 349 g/mol. The predicted molar refractivity (Wildman–Crippen MR) is 104 cm³/mol. The van der Waals surface area contributed by atoms with Crippen LogP contribution >= 0.6 is 0 Å². The van der Waals surface area contributed by atoms with Crippen molar-refractivity contribution in [3.8, 4) is 0 Å². The van der Waals surface area contributed by atoms with Gasteiger partial charge in [0, 0.05) is 37.1 Å². The van der Waals surface area contributed by atoms with E-state index in [9.17, 15) is 9.59 Å². The Morgan fingerprint density at radius 1 is 1.19 bits per heavy atom. The van der Waals surface area contributed by atoms with Crippen LogP contribution in [0.1, 0.15) is 15.9 Å². The maximum atomic E-state index is 11.8. The number of hydrogen-bond donors (Lipinski definition) is 2. The van der Waals surface area contributed by atoms with Crippen LogP contribution in [-0.2, 0) is 11.2 Å². The zero-order valence-electron chi connectivity index (χ0n) is 14.9. The van der Waals surface area contributed by atoms with Gasteiger partial charge in [-0.3, -0.25) is 9.59 Å². The summed E-state index contributed by atoms with van der Waals surface area (Å²) in [5, 5.41) is 5.53. The van der Waals surface area contributed by atoms with E-state index in [0.717, 1.165) is 18.7 Å². The van der Waals surface area contributed by atoms with Crippen molar-refractivity contribution >= 4 is 23.2 Å². The normalized spacial score (nSPS) is 15.7. The fraction of sp³-hybridized carbons (Fsp3) is 0.238. The molecule has 2 aromatic carbocycles. The van der Waals surface area contributed by atoms with Crippen molar-refractivity contribution in [1.82, 2.24) is 10.6 Å². The Bertz CT molecular complexity index is 814. The lowest BCUT2D eigenvalue weighted by Gasteiger charge is -2.36. The van der Waals surface area contributed by atoms with Crippen LogP contribution in [0.15, 0.2) is 61.2 Å². The fourth-order valence-electron chi connectivity index (χ4n) is 3.31. The molecule has 5 heteroatoms. The summed E-state index contributed by atoms with van der Waals surface area (Å²) in [5.74, 6) is 0.0540. The van der Waals surface area contributed by atoms with Gasteiger partial charge in [-0.15, -0.1) is 0 Å². The third-order valence-corrected chi connectivity index (χ3v) is 4.65. The van der Waals surface area contributed by atoms with Crippen LogP contribution in [0.25, 0.3) is 0 Å². The molecule has 0 radical (unpaired) electrons. The standard InChI is InChI=1S/C21H23N3O2/c1-3-20(25)23-13-15-12-17-6-4-5-7-19(17)24(14-15)18-10-8-16(9-11-18)21(26)22-2/h3-11,15H,1,12-14H2,2H3,(H,22,26)(H,23,25). The molecule has 0 spiro atoms. The first-order valence-electron chi connectivity index (χ1n) is 8.70. The number of carbonyl (C=O) groups excluding carboxylic acids is 2. The van der Waals surface area contributed by atoms with Gasteiger partial charge in [-0.1, -0.05) is 24.8 Å². The Labute approximate surface area is 153 Å². The lowest BCUT2D eigenvalue weighted by molar-refractivity contribution is -0.116. The van der Waals surface area contributed by atoms with Crippen LogP contribution in [0.4, 0.5) is 11.4 Å². The molecule has 0 aromatic heterocycles. The molecule has 1 unspecified atom stereocenters. The molecule has 3 rings (SSSR count). The highest BCUT2D eigenvalue weighted by Crippen LogP contribution is 2.35. The molecule has 1 atom stereocenters. The summed E-state index contributed by atoms with van der Waals surface area (Å²) in [7, 11) is 1.62. The second kappa shape index (κ2) is 7.87. The van der Waals surface area contributed by atoms with Gasteiger partial charge in [0.15, 0.2) is 0 Å². The zero-order chi connectivity index (χ0) is 18.5. The van der Waals surface area contributed by atoms with E-state index < -0.39 is 0 Å². The Morgan fingerprint density at radius 3 is 2.62 bits per heavy atom. The van der Waals surface area contributed by atoms with Crippen LogP contribution in [0.3, 0.4) is 0 Å². The van der Waals surface area contributed by atoms with Crippen molar-refractivity contribution in [2.75, 3.05) is 25.0 Å². The number of benzene rings is 2. The summed E-state index contributed by atoms with van der Waals surface area (Å²) in [6.07, 6.45) is 2.21. The highest BCUT2D eigenvalue weighted by molar-refractivity contribution is 5.94. The molecule has 0 saturated carbocycles. The van der Waals surface area contributed by atoms with Gasteiger partial charge in [-0.05, 0) is 54.3 Å². The topological polar surface area (TPSA) is 61.4 Å². The van der Waals surface area contributed by atoms with E-state index in [2.05, 4.69) is 34.2 Å². The van der Waals surface area contributed by atoms with E-state index in [1.807, 2.05) is 36.4 Å². The Hall–Kier alpha value is -3.08. The molecule has 2 aromatic rings. The SMILES string of the molecule is C=CC(=O)NCC1Cc2ccccc2N(c2ccc(C(=O)NC)cc2)C1. The van der Waals surface area contributed by atoms with E-state index in [4.69, 9.17) is 0 Å². The molecule has 2 amide bonds. The Balaban J connectivity index is 1.85. The van der Waals surface area contributed by atoms with Gasteiger partial charge in [0.2, 0.25) is 5.91 Å². The number of fused-ring (bicyclic) bond motifs is 1. The number of nitrogens with one attached hydrogen (secondary N) is 2. The Morgan fingerprint density at radius 2 is 1.92 bits per heavy atom. The van der Waals surface area contributed by atoms with Crippen molar-refractivity contribution in [3.05, 3.63) is 72.3 Å². The summed E-state index contributed by atoms with van der Waals surface area (Å²) >= 11 is 0. The molecule has 0 saturated heterocycles. The number of anilines is 2. The highest BCUT2D eigenvalue weighted by atomic mass is 16.2. The van der Waals surface area contributed by atoms with Gasteiger partial charge < -0.3 is 15.5 Å². The van der Waals surface area contributed by atoms with Crippen LogP contribution in [0.5, 0.6) is 0 Å². The molecule has 2 N–H and O–H groups in total. The average Bonchev–Trinajstić information content (AvgIpc) is 2.70. The number of para-hydroxylation sites is 1. The summed E-state index contributed by atoms with van der Waals surface area (Å²) in [6.45, 7) is 4.90. The molecule has 1 heterocycles. The van der Waals surface area contributed by atoms with E-state index in [1.54, 1.807) is 7.05 Å². The zero-order valence-corrected chi connectivity index (χ0v) is 14.9. The van der Waals surface area contributed by atoms with Gasteiger partial charge in [0.25, 0.3) is 5.91 Å². The lowest BCUT2D eigenvalue weighted by atomic mass is 9.91.